The Morgan fingerprint density at radius 1 is 1.37 bits per heavy atom. The van der Waals surface area contributed by atoms with Crippen LogP contribution in [0.3, 0.4) is 0 Å². The Balaban J connectivity index is 1.80. The van der Waals surface area contributed by atoms with Gasteiger partial charge in [0.15, 0.2) is 0 Å². The minimum atomic E-state index is -2.48. The Morgan fingerprint density at radius 2 is 2.21 bits per heavy atom. The molecule has 2 rings (SSSR count). The van der Waals surface area contributed by atoms with E-state index in [1.165, 1.54) is 29.7 Å². The molecule has 0 spiro atoms. The maximum absolute atomic E-state index is 12.1. The SMILES string of the molecule is O=C(CCn1cncn1)Nc1cnn(CC(F)F)c1. The molecule has 19 heavy (non-hydrogen) atoms. The van der Waals surface area contributed by atoms with Gasteiger partial charge in [-0.2, -0.15) is 10.2 Å². The van der Waals surface area contributed by atoms with Crippen molar-refractivity contribution in [2.75, 3.05) is 5.32 Å². The molecule has 1 N–H and O–H groups in total. The molecule has 2 heterocycles. The topological polar surface area (TPSA) is 77.6 Å². The fourth-order valence-electron chi connectivity index (χ4n) is 1.46. The van der Waals surface area contributed by atoms with Crippen LogP contribution in [-0.4, -0.2) is 36.9 Å². The van der Waals surface area contributed by atoms with Gasteiger partial charge < -0.3 is 5.32 Å². The van der Waals surface area contributed by atoms with Gasteiger partial charge in [-0.3, -0.25) is 14.2 Å². The second kappa shape index (κ2) is 6.03. The maximum Gasteiger partial charge on any atom is 0.257 e. The van der Waals surface area contributed by atoms with Gasteiger partial charge in [-0.05, 0) is 0 Å². The van der Waals surface area contributed by atoms with Crippen LogP contribution >= 0.6 is 0 Å². The molecule has 102 valence electrons. The molecule has 0 atom stereocenters. The molecular formula is C10H12F2N6O. The lowest BCUT2D eigenvalue weighted by Crippen LogP contribution is -2.14. The summed E-state index contributed by atoms with van der Waals surface area (Å²) in [6.07, 6.45) is 3.31. The number of alkyl halides is 2. The molecular weight excluding hydrogens is 258 g/mol. The number of nitrogens with one attached hydrogen (secondary N) is 1. The van der Waals surface area contributed by atoms with Crippen molar-refractivity contribution in [3.05, 3.63) is 25.0 Å². The quantitative estimate of drug-likeness (QED) is 0.841. The maximum atomic E-state index is 12.1. The first kappa shape index (κ1) is 13.1. The lowest BCUT2D eigenvalue weighted by molar-refractivity contribution is -0.116. The van der Waals surface area contributed by atoms with Gasteiger partial charge >= 0.3 is 0 Å². The van der Waals surface area contributed by atoms with E-state index < -0.39 is 13.0 Å². The highest BCUT2D eigenvalue weighted by Gasteiger charge is 2.08. The number of nitrogens with zero attached hydrogens (tertiary/aromatic N) is 5. The number of carbonyl (C=O) groups excluding carboxylic acids is 1. The Labute approximate surface area is 107 Å². The molecule has 0 aliphatic rings. The Kier molecular flexibility index (Phi) is 4.16. The van der Waals surface area contributed by atoms with Crippen molar-refractivity contribution in [1.82, 2.24) is 24.5 Å². The number of anilines is 1. The number of hydrogen-bond donors (Lipinski definition) is 1. The van der Waals surface area contributed by atoms with E-state index in [-0.39, 0.29) is 12.3 Å². The zero-order valence-electron chi connectivity index (χ0n) is 9.91. The van der Waals surface area contributed by atoms with E-state index in [9.17, 15) is 13.6 Å². The van der Waals surface area contributed by atoms with Gasteiger partial charge in [0.05, 0.1) is 18.4 Å². The fourth-order valence-corrected chi connectivity index (χ4v) is 1.46. The van der Waals surface area contributed by atoms with E-state index in [2.05, 4.69) is 20.5 Å². The number of rotatable bonds is 6. The number of hydrogen-bond acceptors (Lipinski definition) is 4. The van der Waals surface area contributed by atoms with Crippen LogP contribution in [0.2, 0.25) is 0 Å². The highest BCUT2D eigenvalue weighted by molar-refractivity contribution is 5.90. The zero-order valence-corrected chi connectivity index (χ0v) is 9.91. The molecule has 0 unspecified atom stereocenters. The number of amides is 1. The Bertz CT molecular complexity index is 524. The summed E-state index contributed by atoms with van der Waals surface area (Å²) in [7, 11) is 0. The largest absolute Gasteiger partial charge is 0.323 e. The average Bonchev–Trinajstić information content (AvgIpc) is 2.97. The molecule has 0 bridgehead atoms. The van der Waals surface area contributed by atoms with Crippen molar-refractivity contribution in [2.24, 2.45) is 0 Å². The van der Waals surface area contributed by atoms with Gasteiger partial charge in [-0.15, -0.1) is 0 Å². The number of aryl methyl sites for hydroxylation is 1. The van der Waals surface area contributed by atoms with Gasteiger partial charge in [0.25, 0.3) is 6.43 Å². The normalized spacial score (nSPS) is 10.9. The van der Waals surface area contributed by atoms with Gasteiger partial charge in [0, 0.05) is 12.6 Å². The molecule has 7 nitrogen and oxygen atoms in total. The van der Waals surface area contributed by atoms with Crippen LogP contribution in [-0.2, 0) is 17.9 Å². The number of halogens is 2. The van der Waals surface area contributed by atoms with Crippen LogP contribution in [0.25, 0.3) is 0 Å². The van der Waals surface area contributed by atoms with Crippen molar-refractivity contribution < 1.29 is 13.6 Å². The van der Waals surface area contributed by atoms with Crippen molar-refractivity contribution in [1.29, 1.82) is 0 Å². The first-order valence-electron chi connectivity index (χ1n) is 5.56. The monoisotopic (exact) mass is 270 g/mol. The number of aromatic nitrogens is 5. The molecule has 0 saturated carbocycles. The zero-order chi connectivity index (χ0) is 13.7. The predicted molar refractivity (Wildman–Crippen MR) is 61.5 cm³/mol. The third-order valence-corrected chi connectivity index (χ3v) is 2.28. The van der Waals surface area contributed by atoms with Crippen molar-refractivity contribution in [3.63, 3.8) is 0 Å². The molecule has 0 fully saturated rings. The van der Waals surface area contributed by atoms with Gasteiger partial charge in [0.2, 0.25) is 5.91 Å². The predicted octanol–water partition coefficient (Wildman–Crippen LogP) is 0.768. The van der Waals surface area contributed by atoms with Crippen LogP contribution in [0, 0.1) is 0 Å². The molecule has 0 radical (unpaired) electrons. The van der Waals surface area contributed by atoms with E-state index in [1.807, 2.05) is 0 Å². The van der Waals surface area contributed by atoms with Gasteiger partial charge in [-0.1, -0.05) is 0 Å². The molecule has 0 aliphatic heterocycles. The summed E-state index contributed by atoms with van der Waals surface area (Å²) in [5.74, 6) is -0.243. The minimum absolute atomic E-state index is 0.212. The second-order valence-corrected chi connectivity index (χ2v) is 3.80. The third-order valence-electron chi connectivity index (χ3n) is 2.28. The van der Waals surface area contributed by atoms with E-state index in [4.69, 9.17) is 0 Å². The number of carbonyl (C=O) groups is 1. The lowest BCUT2D eigenvalue weighted by Gasteiger charge is -2.02. The van der Waals surface area contributed by atoms with Crippen LogP contribution in [0.1, 0.15) is 6.42 Å². The lowest BCUT2D eigenvalue weighted by atomic mass is 10.4. The summed E-state index contributed by atoms with van der Waals surface area (Å²) in [6, 6.07) is 0. The summed E-state index contributed by atoms with van der Waals surface area (Å²) in [5.41, 5.74) is 0.393. The molecule has 0 aromatic carbocycles. The standard InChI is InChI=1S/C10H12F2N6O/c11-9(12)5-18-4-8(3-14-18)16-10(19)1-2-17-7-13-6-15-17/h3-4,6-7,9H,1-2,5H2,(H,16,19). The summed E-state index contributed by atoms with van der Waals surface area (Å²) in [4.78, 5) is 15.3. The van der Waals surface area contributed by atoms with Gasteiger partial charge in [0.1, 0.15) is 19.2 Å². The summed E-state index contributed by atoms with van der Waals surface area (Å²) in [5, 5.41) is 10.1. The van der Waals surface area contributed by atoms with E-state index in [0.717, 1.165) is 4.68 Å². The van der Waals surface area contributed by atoms with Gasteiger partial charge in [-0.25, -0.2) is 13.8 Å². The summed E-state index contributed by atoms with van der Waals surface area (Å²) < 4.78 is 26.8. The Morgan fingerprint density at radius 3 is 2.89 bits per heavy atom. The molecule has 1 amide bonds. The average molecular weight is 270 g/mol. The van der Waals surface area contributed by atoms with Crippen LogP contribution in [0.5, 0.6) is 0 Å². The highest BCUT2D eigenvalue weighted by atomic mass is 19.3. The first-order valence-corrected chi connectivity index (χ1v) is 5.56. The van der Waals surface area contributed by atoms with E-state index in [1.54, 1.807) is 0 Å². The Hall–Kier alpha value is -2.32. The van der Waals surface area contributed by atoms with Crippen molar-refractivity contribution >= 4 is 11.6 Å². The summed E-state index contributed by atoms with van der Waals surface area (Å²) >= 11 is 0. The van der Waals surface area contributed by atoms with Crippen molar-refractivity contribution in [3.8, 4) is 0 Å². The third kappa shape index (κ3) is 4.12. The second-order valence-electron chi connectivity index (χ2n) is 3.80. The highest BCUT2D eigenvalue weighted by Crippen LogP contribution is 2.07. The smallest absolute Gasteiger partial charge is 0.257 e. The molecule has 9 heteroatoms. The summed E-state index contributed by atoms with van der Waals surface area (Å²) in [6.45, 7) is -0.0914. The molecule has 2 aromatic heterocycles. The van der Waals surface area contributed by atoms with E-state index in [0.29, 0.717) is 12.2 Å². The van der Waals surface area contributed by atoms with Crippen LogP contribution < -0.4 is 5.32 Å². The molecule has 2 aromatic rings. The van der Waals surface area contributed by atoms with Crippen LogP contribution in [0.15, 0.2) is 25.0 Å². The van der Waals surface area contributed by atoms with E-state index >= 15 is 0 Å². The molecule has 0 aliphatic carbocycles. The molecule has 0 saturated heterocycles. The van der Waals surface area contributed by atoms with Crippen molar-refractivity contribution in [2.45, 2.75) is 25.9 Å². The minimum Gasteiger partial charge on any atom is -0.323 e. The van der Waals surface area contributed by atoms with Crippen LogP contribution in [0.4, 0.5) is 14.5 Å². The fraction of sp³-hybridized carbons (Fsp3) is 0.400. The first-order chi connectivity index (χ1) is 9.13.